The van der Waals surface area contributed by atoms with Gasteiger partial charge in [-0.15, -0.1) is 0 Å². The van der Waals surface area contributed by atoms with E-state index in [0.29, 0.717) is 16.8 Å². The summed E-state index contributed by atoms with van der Waals surface area (Å²) in [5, 5.41) is 9.94. The van der Waals surface area contributed by atoms with E-state index in [4.69, 9.17) is 9.47 Å². The molecule has 0 radical (unpaired) electrons. The zero-order chi connectivity index (χ0) is 30.1. The van der Waals surface area contributed by atoms with Crippen molar-refractivity contribution >= 4 is 73.1 Å². The fraction of sp³-hybridized carbons (Fsp3) is 0.226. The third-order valence-electron chi connectivity index (χ3n) is 6.20. The maximum absolute atomic E-state index is 13.0. The monoisotopic (exact) mass is 872 g/mol. The number of alkyl carbamates (subject to hydrolysis) is 1. The maximum atomic E-state index is 13.0. The van der Waals surface area contributed by atoms with Gasteiger partial charge in [0.25, 0.3) is 5.91 Å². The number of anilines is 1. The Hall–Kier alpha value is -2.98. The molecule has 0 fully saturated rings. The highest BCUT2D eigenvalue weighted by molar-refractivity contribution is 14.1. The molecule has 0 aliphatic carbocycles. The van der Waals surface area contributed by atoms with Crippen molar-refractivity contribution in [2.24, 2.45) is 0 Å². The molecule has 0 spiro atoms. The minimum Gasteiger partial charge on any atom is -1.00 e. The summed E-state index contributed by atoms with van der Waals surface area (Å²) in [5.74, 6) is -0.303. The number of halogens is 3. The normalized spacial score (nSPS) is 11.9. The number of ether oxygens (including phenoxy) is 2. The number of nitrogens with zero attached hydrogens (tertiary/aromatic N) is 1. The van der Waals surface area contributed by atoms with Gasteiger partial charge in [-0.1, -0.05) is 55.5 Å². The van der Waals surface area contributed by atoms with Crippen molar-refractivity contribution in [2.45, 2.75) is 39.1 Å². The van der Waals surface area contributed by atoms with Crippen LogP contribution in [-0.4, -0.2) is 30.9 Å². The predicted molar refractivity (Wildman–Crippen MR) is 172 cm³/mol. The summed E-state index contributed by atoms with van der Waals surface area (Å²) in [6.45, 7) is 4.38. The molecule has 3 N–H and O–H groups in total. The van der Waals surface area contributed by atoms with E-state index in [1.807, 2.05) is 71.4 Å². The SMILES string of the molecule is CCC[n+]1cc(Br)cc(C(=O)NCC(OC(=O)NC(C)OC(=O)Nc2cccc3ccccc23)c2ccc(I)cc2)c1.[I-]. The van der Waals surface area contributed by atoms with Gasteiger partial charge in [0.1, 0.15) is 18.2 Å². The molecule has 4 aromatic rings. The molecule has 43 heavy (non-hydrogen) atoms. The van der Waals surface area contributed by atoms with Gasteiger partial charge in [-0.05, 0) is 80.7 Å². The molecule has 4 rings (SSSR count). The first-order valence-electron chi connectivity index (χ1n) is 13.4. The molecule has 2 unspecified atom stereocenters. The third-order valence-corrected chi connectivity index (χ3v) is 7.35. The molecule has 3 amide bonds. The van der Waals surface area contributed by atoms with Crippen LogP contribution in [0.25, 0.3) is 10.8 Å². The van der Waals surface area contributed by atoms with E-state index in [0.717, 1.165) is 31.8 Å². The summed E-state index contributed by atoms with van der Waals surface area (Å²) < 4.78 is 14.8. The van der Waals surface area contributed by atoms with E-state index in [1.54, 1.807) is 18.3 Å². The minimum absolute atomic E-state index is 0. The van der Waals surface area contributed by atoms with Crippen LogP contribution in [0, 0.1) is 3.57 Å². The minimum atomic E-state index is -0.991. The van der Waals surface area contributed by atoms with Crippen LogP contribution in [0.15, 0.2) is 89.7 Å². The first kappa shape index (κ1) is 34.5. The van der Waals surface area contributed by atoms with Crippen molar-refractivity contribution in [1.29, 1.82) is 0 Å². The Morgan fingerprint density at radius 2 is 1.67 bits per heavy atom. The van der Waals surface area contributed by atoms with Crippen molar-refractivity contribution in [3.63, 3.8) is 0 Å². The highest BCUT2D eigenvalue weighted by Crippen LogP contribution is 2.23. The summed E-state index contributed by atoms with van der Waals surface area (Å²) in [6, 6.07) is 22.4. The average Bonchev–Trinajstić information content (AvgIpc) is 2.95. The number of pyridine rings is 1. The number of fused-ring (bicyclic) bond motifs is 1. The summed E-state index contributed by atoms with van der Waals surface area (Å²) in [4.78, 5) is 38.4. The van der Waals surface area contributed by atoms with E-state index in [2.05, 4.69) is 61.4 Å². The first-order valence-corrected chi connectivity index (χ1v) is 15.2. The molecule has 9 nitrogen and oxygen atoms in total. The van der Waals surface area contributed by atoms with E-state index in [9.17, 15) is 14.4 Å². The van der Waals surface area contributed by atoms with E-state index in [-0.39, 0.29) is 36.4 Å². The topological polar surface area (TPSA) is 110 Å². The number of aromatic nitrogens is 1. The number of benzene rings is 3. The standard InChI is InChI=1S/C31H30BrIN4O5.HI/c1-3-15-37-18-23(16-24(32)19-37)29(38)34-17-28(22-11-13-25(33)14-12-22)42-30(39)35-20(2)41-31(40)36-27-10-6-8-21-7-4-5-9-26(21)27;/h4-14,16,18-20,28H,3,15,17H2,1-2H3,(H2-,34,35,36,38,39,40);1H. The summed E-state index contributed by atoms with van der Waals surface area (Å²) in [5.41, 5.74) is 1.76. The predicted octanol–water partition coefficient (Wildman–Crippen LogP) is 3.70. The zero-order valence-electron chi connectivity index (χ0n) is 23.5. The lowest BCUT2D eigenvalue weighted by molar-refractivity contribution is -0.697. The lowest BCUT2D eigenvalue weighted by Gasteiger charge is -2.21. The highest BCUT2D eigenvalue weighted by atomic mass is 127. The molecule has 0 saturated heterocycles. The van der Waals surface area contributed by atoms with Crippen molar-refractivity contribution in [3.8, 4) is 0 Å². The van der Waals surface area contributed by atoms with Gasteiger partial charge >= 0.3 is 12.2 Å². The Morgan fingerprint density at radius 3 is 2.42 bits per heavy atom. The molecular formula is C31H31BrI2N4O5. The van der Waals surface area contributed by atoms with Crippen molar-refractivity contribution in [1.82, 2.24) is 10.6 Å². The number of hydrogen-bond donors (Lipinski definition) is 3. The number of carbonyl (C=O) groups is 3. The number of hydrogen-bond acceptors (Lipinski definition) is 5. The number of carbonyl (C=O) groups excluding carboxylic acids is 3. The average molecular weight is 873 g/mol. The first-order chi connectivity index (χ1) is 20.2. The van der Waals surface area contributed by atoms with Gasteiger partial charge in [0.15, 0.2) is 18.6 Å². The zero-order valence-corrected chi connectivity index (χ0v) is 29.4. The van der Waals surface area contributed by atoms with Crippen LogP contribution in [0.5, 0.6) is 0 Å². The molecule has 3 aromatic carbocycles. The van der Waals surface area contributed by atoms with Gasteiger partial charge in [0.2, 0.25) is 0 Å². The van der Waals surface area contributed by atoms with Crippen molar-refractivity contribution < 1.29 is 52.4 Å². The molecule has 0 saturated carbocycles. The van der Waals surface area contributed by atoms with Gasteiger partial charge < -0.3 is 38.8 Å². The quantitative estimate of drug-likeness (QED) is 0.128. The second-order valence-corrected chi connectivity index (χ2v) is 11.6. The molecule has 0 aliphatic heterocycles. The summed E-state index contributed by atoms with van der Waals surface area (Å²) in [6.07, 6.45) is 1.30. The largest absolute Gasteiger partial charge is 1.00 e. The van der Waals surface area contributed by atoms with Gasteiger partial charge in [-0.3, -0.25) is 15.4 Å². The fourth-order valence-corrected chi connectivity index (χ4v) is 5.16. The molecule has 2 atom stereocenters. The smallest absolute Gasteiger partial charge is 0.413 e. The Morgan fingerprint density at radius 1 is 0.953 bits per heavy atom. The molecule has 1 aromatic heterocycles. The number of rotatable bonds is 10. The lowest BCUT2D eigenvalue weighted by Crippen LogP contribution is -3.00. The van der Waals surface area contributed by atoms with Gasteiger partial charge in [-0.2, -0.15) is 0 Å². The molecule has 12 heteroatoms. The Bertz CT molecular complexity index is 1570. The van der Waals surface area contributed by atoms with E-state index in [1.165, 1.54) is 6.92 Å². The van der Waals surface area contributed by atoms with Crippen LogP contribution >= 0.6 is 38.5 Å². The van der Waals surface area contributed by atoms with E-state index < -0.39 is 24.5 Å². The van der Waals surface area contributed by atoms with Crippen molar-refractivity contribution in [2.75, 3.05) is 11.9 Å². The van der Waals surface area contributed by atoms with Crippen LogP contribution in [-0.2, 0) is 16.0 Å². The third kappa shape index (κ3) is 10.3. The number of nitrogens with one attached hydrogen (secondary N) is 3. The summed E-state index contributed by atoms with van der Waals surface area (Å²) >= 11 is 5.64. The Balaban J connectivity index is 0.00000506. The maximum Gasteiger partial charge on any atom is 0.413 e. The van der Waals surface area contributed by atoms with Crippen molar-refractivity contribution in [3.05, 3.63) is 104 Å². The van der Waals surface area contributed by atoms with Crippen LogP contribution in [0.4, 0.5) is 15.3 Å². The molecule has 226 valence electrons. The van der Waals surface area contributed by atoms with Crippen LogP contribution in [0.1, 0.15) is 42.3 Å². The number of aryl methyl sites for hydroxylation is 1. The van der Waals surface area contributed by atoms with Crippen LogP contribution in [0.3, 0.4) is 0 Å². The van der Waals surface area contributed by atoms with Gasteiger partial charge in [0.05, 0.1) is 16.7 Å². The highest BCUT2D eigenvalue weighted by Gasteiger charge is 2.22. The summed E-state index contributed by atoms with van der Waals surface area (Å²) in [7, 11) is 0. The van der Waals surface area contributed by atoms with Gasteiger partial charge in [0, 0.05) is 15.4 Å². The lowest BCUT2D eigenvalue weighted by atomic mass is 10.1. The second kappa shape index (κ2) is 16.8. The number of amides is 3. The Kier molecular flexibility index (Phi) is 13.4. The molecule has 0 aliphatic rings. The van der Waals surface area contributed by atoms with Crippen LogP contribution in [0.2, 0.25) is 0 Å². The van der Waals surface area contributed by atoms with Crippen LogP contribution < -0.4 is 44.5 Å². The van der Waals surface area contributed by atoms with Gasteiger partial charge in [-0.25, -0.2) is 14.2 Å². The molecule has 0 bridgehead atoms. The van der Waals surface area contributed by atoms with E-state index >= 15 is 0 Å². The molecular weight excluding hydrogens is 842 g/mol. The molecule has 1 heterocycles. The second-order valence-electron chi connectivity index (χ2n) is 9.48. The fourth-order valence-electron chi connectivity index (χ4n) is 4.29. The Labute approximate surface area is 289 Å².